The largest absolute Gasteiger partial charge is 0.481 e. The van der Waals surface area contributed by atoms with Crippen LogP contribution >= 0.6 is 0 Å². The van der Waals surface area contributed by atoms with Gasteiger partial charge in [-0.3, -0.25) is 4.79 Å². The maximum atomic E-state index is 11.4. The average molecular weight is 259 g/mol. The first kappa shape index (κ1) is 12.2. The number of aliphatic imine (C=N–C) groups is 1. The van der Waals surface area contributed by atoms with Crippen LogP contribution in [0.15, 0.2) is 29.3 Å². The molecule has 1 N–H and O–H groups in total. The predicted octanol–water partition coefficient (Wildman–Crippen LogP) is 2.36. The Hall–Kier alpha value is -1.84. The molecule has 1 saturated carbocycles. The highest BCUT2D eigenvalue weighted by Crippen LogP contribution is 2.44. The van der Waals surface area contributed by atoms with Crippen molar-refractivity contribution in [1.82, 2.24) is 0 Å². The first-order valence-electron chi connectivity index (χ1n) is 6.67. The number of carboxylic acid groups (broad SMARTS) is 1. The fraction of sp³-hybridized carbons (Fsp3) is 0.467. The molecule has 1 heterocycles. The van der Waals surface area contributed by atoms with Crippen LogP contribution in [0.2, 0.25) is 0 Å². The molecule has 100 valence electrons. The quantitative estimate of drug-likeness (QED) is 0.906. The molecule has 4 nitrogen and oxygen atoms in total. The van der Waals surface area contributed by atoms with Gasteiger partial charge in [0, 0.05) is 5.56 Å². The molecule has 0 saturated heterocycles. The van der Waals surface area contributed by atoms with Gasteiger partial charge in [-0.25, -0.2) is 4.99 Å². The lowest BCUT2D eigenvalue weighted by Gasteiger charge is -2.38. The smallest absolute Gasteiger partial charge is 0.314 e. The summed E-state index contributed by atoms with van der Waals surface area (Å²) < 4.78 is 5.50. The van der Waals surface area contributed by atoms with Gasteiger partial charge in [-0.15, -0.1) is 0 Å². The first-order valence-corrected chi connectivity index (χ1v) is 6.67. The van der Waals surface area contributed by atoms with Crippen molar-refractivity contribution in [3.05, 3.63) is 35.4 Å². The Bertz CT molecular complexity index is 529. The van der Waals surface area contributed by atoms with Gasteiger partial charge in [0.05, 0.1) is 11.5 Å². The summed E-state index contributed by atoms with van der Waals surface area (Å²) in [6, 6.07) is 7.83. The van der Waals surface area contributed by atoms with Crippen LogP contribution in [0.25, 0.3) is 0 Å². The van der Waals surface area contributed by atoms with Gasteiger partial charge in [0.25, 0.3) is 0 Å². The molecule has 0 aromatic heterocycles. The van der Waals surface area contributed by atoms with E-state index in [9.17, 15) is 9.90 Å². The number of aliphatic carboxylic acids is 1. The molecule has 19 heavy (non-hydrogen) atoms. The maximum absolute atomic E-state index is 11.4. The van der Waals surface area contributed by atoms with Crippen molar-refractivity contribution in [1.29, 1.82) is 0 Å². The second-order valence-corrected chi connectivity index (χ2v) is 5.41. The normalized spacial score (nSPS) is 24.3. The van der Waals surface area contributed by atoms with Crippen LogP contribution in [-0.4, -0.2) is 29.6 Å². The van der Waals surface area contributed by atoms with Crippen LogP contribution in [0.3, 0.4) is 0 Å². The Morgan fingerprint density at radius 2 is 2.05 bits per heavy atom. The van der Waals surface area contributed by atoms with E-state index in [0.29, 0.717) is 12.5 Å². The maximum Gasteiger partial charge on any atom is 0.314 e. The van der Waals surface area contributed by atoms with E-state index in [4.69, 9.17) is 4.74 Å². The fourth-order valence-electron chi connectivity index (χ4n) is 2.72. The van der Waals surface area contributed by atoms with Crippen LogP contribution < -0.4 is 0 Å². The highest BCUT2D eigenvalue weighted by Gasteiger charge is 2.45. The number of carboxylic acids is 1. The molecule has 1 atom stereocenters. The molecule has 1 aliphatic heterocycles. The number of rotatable bonds is 3. The van der Waals surface area contributed by atoms with Crippen LogP contribution in [0.5, 0.6) is 0 Å². The second-order valence-electron chi connectivity index (χ2n) is 5.41. The van der Waals surface area contributed by atoms with Crippen LogP contribution in [-0.2, 0) is 14.9 Å². The molecule has 3 rings (SSSR count). The monoisotopic (exact) mass is 259 g/mol. The van der Waals surface area contributed by atoms with Crippen molar-refractivity contribution in [3.63, 3.8) is 0 Å². The third-order valence-corrected chi connectivity index (χ3v) is 4.10. The highest BCUT2D eigenvalue weighted by molar-refractivity contribution is 5.95. The Morgan fingerprint density at radius 3 is 2.47 bits per heavy atom. The summed E-state index contributed by atoms with van der Waals surface area (Å²) in [6.45, 7) is 2.63. The molecule has 4 heteroatoms. The Morgan fingerprint density at radius 1 is 1.37 bits per heavy atom. The summed E-state index contributed by atoms with van der Waals surface area (Å²) >= 11 is 0. The Balaban J connectivity index is 1.87. The highest BCUT2D eigenvalue weighted by atomic mass is 16.5. The number of ether oxygens (including phenoxy) is 1. The molecular weight excluding hydrogens is 242 g/mol. The molecule has 1 unspecified atom stereocenters. The minimum atomic E-state index is -0.713. The summed E-state index contributed by atoms with van der Waals surface area (Å²) in [5, 5.41) is 9.40. The molecule has 0 bridgehead atoms. The zero-order valence-electron chi connectivity index (χ0n) is 10.9. The van der Waals surface area contributed by atoms with Crippen LogP contribution in [0, 0.1) is 0 Å². The summed E-state index contributed by atoms with van der Waals surface area (Å²) in [7, 11) is 0. The SMILES string of the molecule is CC1COC(c2ccc(C3(C(=O)O)CCC3)cc2)=N1. The summed E-state index contributed by atoms with van der Waals surface area (Å²) in [6.07, 6.45) is 2.45. The first-order chi connectivity index (χ1) is 9.12. The van der Waals surface area contributed by atoms with E-state index < -0.39 is 11.4 Å². The van der Waals surface area contributed by atoms with E-state index in [1.165, 1.54) is 0 Å². The van der Waals surface area contributed by atoms with E-state index in [1.54, 1.807) is 0 Å². The minimum absolute atomic E-state index is 0.201. The lowest BCUT2D eigenvalue weighted by Crippen LogP contribution is -2.42. The molecule has 1 fully saturated rings. The van der Waals surface area contributed by atoms with E-state index in [0.717, 1.165) is 30.4 Å². The number of hydrogen-bond donors (Lipinski definition) is 1. The van der Waals surface area contributed by atoms with E-state index in [2.05, 4.69) is 4.99 Å². The van der Waals surface area contributed by atoms with Gasteiger partial charge in [-0.1, -0.05) is 18.6 Å². The number of nitrogens with zero attached hydrogens (tertiary/aromatic N) is 1. The van der Waals surface area contributed by atoms with Crippen molar-refractivity contribution in [3.8, 4) is 0 Å². The number of hydrogen-bond acceptors (Lipinski definition) is 3. The minimum Gasteiger partial charge on any atom is -0.481 e. The molecule has 2 aliphatic rings. The number of benzene rings is 1. The molecule has 0 amide bonds. The molecular formula is C15H17NO3. The Labute approximate surface area is 112 Å². The molecule has 0 radical (unpaired) electrons. The molecule has 1 aromatic rings. The predicted molar refractivity (Wildman–Crippen MR) is 71.6 cm³/mol. The van der Waals surface area contributed by atoms with Gasteiger partial charge in [0.1, 0.15) is 6.61 Å². The average Bonchev–Trinajstić information content (AvgIpc) is 2.75. The third-order valence-electron chi connectivity index (χ3n) is 4.10. The van der Waals surface area contributed by atoms with Gasteiger partial charge in [-0.05, 0) is 37.5 Å². The summed E-state index contributed by atoms with van der Waals surface area (Å²) in [5.41, 5.74) is 1.15. The van der Waals surface area contributed by atoms with E-state index >= 15 is 0 Å². The third kappa shape index (κ3) is 1.91. The molecule has 1 aromatic carbocycles. The topological polar surface area (TPSA) is 58.9 Å². The van der Waals surface area contributed by atoms with Crippen LogP contribution in [0.1, 0.15) is 37.3 Å². The van der Waals surface area contributed by atoms with E-state index in [-0.39, 0.29) is 6.04 Å². The van der Waals surface area contributed by atoms with Crippen molar-refractivity contribution in [2.75, 3.05) is 6.61 Å². The van der Waals surface area contributed by atoms with Gasteiger partial charge in [-0.2, -0.15) is 0 Å². The zero-order chi connectivity index (χ0) is 13.5. The lowest BCUT2D eigenvalue weighted by atomic mass is 9.64. The Kier molecular flexibility index (Phi) is 2.81. The molecule has 1 aliphatic carbocycles. The second kappa shape index (κ2) is 4.37. The fourth-order valence-corrected chi connectivity index (χ4v) is 2.72. The van der Waals surface area contributed by atoms with Crippen molar-refractivity contribution in [2.45, 2.75) is 37.6 Å². The van der Waals surface area contributed by atoms with Crippen molar-refractivity contribution < 1.29 is 14.6 Å². The van der Waals surface area contributed by atoms with Crippen molar-refractivity contribution >= 4 is 11.9 Å². The zero-order valence-corrected chi connectivity index (χ0v) is 10.9. The van der Waals surface area contributed by atoms with E-state index in [1.807, 2.05) is 31.2 Å². The standard InChI is InChI=1S/C15H17NO3/c1-10-9-19-13(16-10)11-3-5-12(6-4-11)15(14(17)18)7-2-8-15/h3-6,10H,2,7-9H2,1H3,(H,17,18). The van der Waals surface area contributed by atoms with Crippen LogP contribution in [0.4, 0.5) is 0 Å². The van der Waals surface area contributed by atoms with Gasteiger partial charge >= 0.3 is 5.97 Å². The number of carbonyl (C=O) groups is 1. The van der Waals surface area contributed by atoms with Gasteiger partial charge < -0.3 is 9.84 Å². The van der Waals surface area contributed by atoms with Crippen molar-refractivity contribution in [2.24, 2.45) is 4.99 Å². The van der Waals surface area contributed by atoms with Gasteiger partial charge in [0.15, 0.2) is 0 Å². The van der Waals surface area contributed by atoms with Gasteiger partial charge in [0.2, 0.25) is 5.90 Å². The lowest BCUT2D eigenvalue weighted by molar-refractivity contribution is -0.147. The summed E-state index contributed by atoms with van der Waals surface area (Å²) in [5.74, 6) is -0.0494. The summed E-state index contributed by atoms with van der Waals surface area (Å²) in [4.78, 5) is 15.8. The molecule has 0 spiro atoms.